The summed E-state index contributed by atoms with van der Waals surface area (Å²) < 4.78 is 0. The first-order valence-corrected chi connectivity index (χ1v) is 7.22. The number of carbonyl (C=O) groups excluding carboxylic acids is 1. The van der Waals surface area contributed by atoms with Crippen molar-refractivity contribution in [1.82, 2.24) is 10.2 Å². The fourth-order valence-corrected chi connectivity index (χ4v) is 3.07. The third-order valence-corrected chi connectivity index (χ3v) is 4.26. The van der Waals surface area contributed by atoms with E-state index in [1.54, 1.807) is 0 Å². The maximum Gasteiger partial charge on any atom is 0.229 e. The molecule has 2 saturated heterocycles. The quantitative estimate of drug-likeness (QED) is 0.797. The van der Waals surface area contributed by atoms with Gasteiger partial charge >= 0.3 is 0 Å². The minimum Gasteiger partial charge on any atom is -0.342 e. The summed E-state index contributed by atoms with van der Waals surface area (Å²) in [7, 11) is 0. The molecular weight excluding hydrogens is 248 g/mol. The van der Waals surface area contributed by atoms with Crippen molar-refractivity contribution in [1.29, 1.82) is 0 Å². The average molecular weight is 275 g/mol. The molecule has 3 nitrogen and oxygen atoms in total. The van der Waals surface area contributed by atoms with Crippen molar-refractivity contribution in [2.24, 2.45) is 5.41 Å². The van der Waals surface area contributed by atoms with Gasteiger partial charge in [-0.3, -0.25) is 4.79 Å². The zero-order valence-electron chi connectivity index (χ0n) is 11.5. The van der Waals surface area contributed by atoms with E-state index >= 15 is 0 Å². The molecule has 18 heavy (non-hydrogen) atoms. The van der Waals surface area contributed by atoms with Crippen LogP contribution in [0.1, 0.15) is 51.9 Å². The van der Waals surface area contributed by atoms with Gasteiger partial charge in [-0.2, -0.15) is 0 Å². The summed E-state index contributed by atoms with van der Waals surface area (Å²) in [4.78, 5) is 14.8. The lowest BCUT2D eigenvalue weighted by Crippen LogP contribution is -2.50. The van der Waals surface area contributed by atoms with E-state index in [2.05, 4.69) is 17.1 Å². The third-order valence-electron chi connectivity index (χ3n) is 4.26. The Kier molecular flexibility index (Phi) is 6.44. The van der Waals surface area contributed by atoms with Gasteiger partial charge in [0.15, 0.2) is 0 Å². The number of piperidine rings is 1. The maximum absolute atomic E-state index is 12.6. The number of nitrogens with one attached hydrogen (secondary N) is 1. The normalized spacial score (nSPS) is 29.9. The second kappa shape index (κ2) is 7.34. The predicted molar refractivity (Wildman–Crippen MR) is 77.1 cm³/mol. The Morgan fingerprint density at radius 3 is 2.22 bits per heavy atom. The highest BCUT2D eigenvalue weighted by Gasteiger charge is 2.37. The Bertz CT molecular complexity index is 257. The van der Waals surface area contributed by atoms with Gasteiger partial charge in [-0.15, -0.1) is 12.4 Å². The van der Waals surface area contributed by atoms with Crippen LogP contribution in [0.25, 0.3) is 0 Å². The molecule has 0 spiro atoms. The second-order valence-electron chi connectivity index (χ2n) is 5.90. The van der Waals surface area contributed by atoms with Gasteiger partial charge in [-0.1, -0.05) is 19.3 Å². The Morgan fingerprint density at radius 1 is 1.06 bits per heavy atom. The molecule has 0 aromatic heterocycles. The van der Waals surface area contributed by atoms with Crippen LogP contribution in [-0.2, 0) is 4.79 Å². The molecule has 106 valence electrons. The predicted octanol–water partition coefficient (Wildman–Crippen LogP) is 2.59. The zero-order chi connectivity index (χ0) is 12.1. The lowest BCUT2D eigenvalue weighted by molar-refractivity contribution is -0.142. The smallest absolute Gasteiger partial charge is 0.229 e. The first-order valence-electron chi connectivity index (χ1n) is 7.22. The summed E-state index contributed by atoms with van der Waals surface area (Å²) in [5.41, 5.74) is -0.141. The summed E-state index contributed by atoms with van der Waals surface area (Å²) in [6.07, 6.45) is 8.49. The molecule has 1 unspecified atom stereocenters. The first kappa shape index (κ1) is 15.8. The van der Waals surface area contributed by atoms with Crippen molar-refractivity contribution in [2.45, 2.75) is 51.9 Å². The van der Waals surface area contributed by atoms with Gasteiger partial charge in [0, 0.05) is 19.6 Å². The fourth-order valence-electron chi connectivity index (χ4n) is 3.07. The van der Waals surface area contributed by atoms with Gasteiger partial charge in [0.1, 0.15) is 0 Å². The monoisotopic (exact) mass is 274 g/mol. The van der Waals surface area contributed by atoms with E-state index in [-0.39, 0.29) is 17.8 Å². The largest absolute Gasteiger partial charge is 0.342 e. The first-order chi connectivity index (χ1) is 8.22. The Hall–Kier alpha value is -0.280. The Morgan fingerprint density at radius 2 is 1.67 bits per heavy atom. The van der Waals surface area contributed by atoms with Crippen molar-refractivity contribution in [3.05, 3.63) is 0 Å². The average Bonchev–Trinajstić information content (AvgIpc) is 2.29. The molecule has 0 aromatic rings. The summed E-state index contributed by atoms with van der Waals surface area (Å²) in [5, 5.41) is 3.38. The molecule has 2 fully saturated rings. The molecule has 2 aliphatic heterocycles. The fraction of sp³-hybridized carbons (Fsp3) is 0.929. The minimum absolute atomic E-state index is 0. The zero-order valence-corrected chi connectivity index (χ0v) is 12.4. The SMILES string of the molecule is CC1(C(=O)N2CCCCCCC2)CCCNC1.Cl. The number of hydrogen-bond donors (Lipinski definition) is 1. The molecular formula is C14H27ClN2O. The standard InChI is InChI=1S/C14H26N2O.ClH/c1-14(8-7-9-15-12-14)13(17)16-10-5-3-2-4-6-11-16;/h15H,2-12H2,1H3;1H. The molecule has 1 N–H and O–H groups in total. The molecule has 2 heterocycles. The van der Waals surface area contributed by atoms with Crippen LogP contribution in [0.15, 0.2) is 0 Å². The van der Waals surface area contributed by atoms with E-state index in [4.69, 9.17) is 0 Å². The number of halogens is 1. The number of rotatable bonds is 1. The highest BCUT2D eigenvalue weighted by Crippen LogP contribution is 2.28. The number of likely N-dealkylation sites (tertiary alicyclic amines) is 1. The van der Waals surface area contributed by atoms with Crippen LogP contribution in [-0.4, -0.2) is 37.0 Å². The molecule has 0 radical (unpaired) electrons. The van der Waals surface area contributed by atoms with Crippen molar-refractivity contribution in [2.75, 3.05) is 26.2 Å². The van der Waals surface area contributed by atoms with E-state index in [1.807, 2.05) is 0 Å². The third kappa shape index (κ3) is 3.86. The van der Waals surface area contributed by atoms with Crippen molar-refractivity contribution < 1.29 is 4.79 Å². The van der Waals surface area contributed by atoms with Crippen molar-refractivity contribution in [3.63, 3.8) is 0 Å². The number of carbonyl (C=O) groups is 1. The lowest BCUT2D eigenvalue weighted by Gasteiger charge is -2.38. The van der Waals surface area contributed by atoms with Gasteiger partial charge in [-0.05, 0) is 39.2 Å². The molecule has 2 aliphatic rings. The summed E-state index contributed by atoms with van der Waals surface area (Å²) in [6, 6.07) is 0. The van der Waals surface area contributed by atoms with E-state index in [9.17, 15) is 4.79 Å². The molecule has 0 aliphatic carbocycles. The van der Waals surface area contributed by atoms with Gasteiger partial charge in [0.2, 0.25) is 5.91 Å². The Balaban J connectivity index is 0.00000162. The van der Waals surface area contributed by atoms with Gasteiger partial charge in [0.25, 0.3) is 0 Å². The highest BCUT2D eigenvalue weighted by atomic mass is 35.5. The van der Waals surface area contributed by atoms with Crippen molar-refractivity contribution in [3.8, 4) is 0 Å². The number of hydrogen-bond acceptors (Lipinski definition) is 2. The molecule has 1 atom stereocenters. The molecule has 2 rings (SSSR count). The van der Waals surface area contributed by atoms with Crippen LogP contribution in [0.2, 0.25) is 0 Å². The van der Waals surface area contributed by atoms with Crippen LogP contribution in [0, 0.1) is 5.41 Å². The van der Waals surface area contributed by atoms with Crippen LogP contribution in [0.3, 0.4) is 0 Å². The number of nitrogens with zero attached hydrogens (tertiary/aromatic N) is 1. The second-order valence-corrected chi connectivity index (χ2v) is 5.90. The van der Waals surface area contributed by atoms with E-state index in [1.165, 1.54) is 32.1 Å². The van der Waals surface area contributed by atoms with Crippen LogP contribution >= 0.6 is 12.4 Å². The minimum atomic E-state index is -0.141. The molecule has 4 heteroatoms. The number of amides is 1. The molecule has 0 aromatic carbocycles. The lowest BCUT2D eigenvalue weighted by atomic mass is 9.81. The highest BCUT2D eigenvalue weighted by molar-refractivity contribution is 5.85. The Labute approximate surface area is 117 Å². The van der Waals surface area contributed by atoms with E-state index < -0.39 is 0 Å². The summed E-state index contributed by atoms with van der Waals surface area (Å²) in [6.45, 7) is 6.04. The molecule has 0 bridgehead atoms. The summed E-state index contributed by atoms with van der Waals surface area (Å²) in [5.74, 6) is 0.395. The van der Waals surface area contributed by atoms with E-state index in [0.29, 0.717) is 5.91 Å². The van der Waals surface area contributed by atoms with Gasteiger partial charge in [0.05, 0.1) is 5.41 Å². The molecule has 0 saturated carbocycles. The van der Waals surface area contributed by atoms with Gasteiger partial charge < -0.3 is 10.2 Å². The van der Waals surface area contributed by atoms with Crippen molar-refractivity contribution >= 4 is 18.3 Å². The maximum atomic E-state index is 12.6. The molecule has 1 amide bonds. The van der Waals surface area contributed by atoms with Gasteiger partial charge in [-0.25, -0.2) is 0 Å². The summed E-state index contributed by atoms with van der Waals surface area (Å²) >= 11 is 0. The topological polar surface area (TPSA) is 32.3 Å². The van der Waals surface area contributed by atoms with Crippen LogP contribution in [0.4, 0.5) is 0 Å². The van der Waals surface area contributed by atoms with Crippen LogP contribution < -0.4 is 5.32 Å². The van der Waals surface area contributed by atoms with Crippen LogP contribution in [0.5, 0.6) is 0 Å². The van der Waals surface area contributed by atoms with E-state index in [0.717, 1.165) is 39.0 Å².